The Balaban J connectivity index is 6.67. The van der Waals surface area contributed by atoms with Crippen LogP contribution in [0.2, 0.25) is 0 Å². The first kappa shape index (κ1) is 65.2. The highest BCUT2D eigenvalue weighted by molar-refractivity contribution is 7.98. The van der Waals surface area contributed by atoms with Crippen molar-refractivity contribution in [3.05, 3.63) is 0 Å². The number of hydrogen-bond acceptors (Lipinski definition) is 15. The number of nitrogens with two attached hydrogens (primary N) is 4. The van der Waals surface area contributed by atoms with Crippen LogP contribution in [0.15, 0.2) is 4.99 Å². The molecule has 0 fully saturated rings. The highest BCUT2D eigenvalue weighted by Gasteiger charge is 2.36. The van der Waals surface area contributed by atoms with Gasteiger partial charge in [-0.3, -0.25) is 57.7 Å². The third-order valence-corrected chi connectivity index (χ3v) is 11.0. The average molecular weight is 1050 g/mol. The molecule has 72 heavy (non-hydrogen) atoms. The van der Waals surface area contributed by atoms with Gasteiger partial charge in [-0.25, -0.2) is 4.79 Å². The molecule has 0 aliphatic rings. The highest BCUT2D eigenvalue weighted by atomic mass is 32.2. The van der Waals surface area contributed by atoms with Crippen molar-refractivity contribution in [2.45, 2.75) is 154 Å². The number of primary amides is 1. The van der Waals surface area contributed by atoms with Crippen LogP contribution in [0.4, 0.5) is 0 Å². The molecule has 0 spiro atoms. The summed E-state index contributed by atoms with van der Waals surface area (Å²) in [7, 11) is 0. The van der Waals surface area contributed by atoms with Crippen LogP contribution in [0, 0.1) is 11.8 Å². The van der Waals surface area contributed by atoms with E-state index in [1.54, 1.807) is 34.0 Å². The van der Waals surface area contributed by atoms with E-state index in [1.807, 2.05) is 0 Å². The minimum Gasteiger partial charge on any atom is -0.481 e. The maximum absolute atomic E-state index is 14.0. The van der Waals surface area contributed by atoms with Gasteiger partial charge in [0.25, 0.3) is 0 Å². The summed E-state index contributed by atoms with van der Waals surface area (Å²) >= 11 is 1.38. The number of hydrogen-bond donors (Lipinski definition) is 15. The molecule has 8 atom stereocenters. The van der Waals surface area contributed by atoms with E-state index in [0.717, 1.165) is 0 Å². The SMILES string of the molecule is CSCC[C@H](NC(C)=O)C(=O)N[C@@H](CC(=O)O)C(=O)N[C@@H](CCCCN)C(=O)N[C@H](C(=O)N[C@@H](CC(C)C)C(=O)N[C@@H](CC(N)=O)C(=O)N[C@@H](CCCN=C(N)N)C(=O)N[C@@H](CCC(=O)O)C(=O)O)C(C)C. The Morgan fingerprint density at radius 1 is 0.528 bits per heavy atom. The Labute approximate surface area is 421 Å². The lowest BCUT2D eigenvalue weighted by Crippen LogP contribution is -2.61. The smallest absolute Gasteiger partial charge is 0.326 e. The zero-order chi connectivity index (χ0) is 55.2. The van der Waals surface area contributed by atoms with Gasteiger partial charge in [0.05, 0.1) is 12.8 Å². The lowest BCUT2D eigenvalue weighted by molar-refractivity contribution is -0.144. The van der Waals surface area contributed by atoms with E-state index in [1.165, 1.54) is 18.7 Å². The number of aliphatic carboxylic acids is 3. The fourth-order valence-electron chi connectivity index (χ4n) is 6.72. The number of unbranched alkanes of at least 4 members (excludes halogenated alkanes) is 1. The van der Waals surface area contributed by atoms with Gasteiger partial charge in [0, 0.05) is 19.9 Å². The zero-order valence-electron chi connectivity index (χ0n) is 41.6. The van der Waals surface area contributed by atoms with Crippen LogP contribution in [-0.4, -0.2) is 166 Å². The predicted molar refractivity (Wildman–Crippen MR) is 262 cm³/mol. The van der Waals surface area contributed by atoms with Crippen molar-refractivity contribution >= 4 is 88.8 Å². The lowest BCUT2D eigenvalue weighted by atomic mass is 9.98. The van der Waals surface area contributed by atoms with E-state index in [-0.39, 0.29) is 63.5 Å². The molecule has 0 aromatic heterocycles. The fourth-order valence-corrected chi connectivity index (χ4v) is 7.19. The second-order valence-electron chi connectivity index (χ2n) is 17.5. The molecule has 0 heterocycles. The summed E-state index contributed by atoms with van der Waals surface area (Å²) in [5, 5.41) is 47.6. The van der Waals surface area contributed by atoms with Gasteiger partial charge in [-0.2, -0.15) is 11.8 Å². The maximum Gasteiger partial charge on any atom is 0.326 e. The van der Waals surface area contributed by atoms with Crippen LogP contribution in [0.25, 0.3) is 0 Å². The number of guanidine groups is 1. The second-order valence-corrected chi connectivity index (χ2v) is 18.5. The third kappa shape index (κ3) is 27.6. The van der Waals surface area contributed by atoms with Crippen LogP contribution >= 0.6 is 11.8 Å². The van der Waals surface area contributed by atoms with Gasteiger partial charge >= 0.3 is 17.9 Å². The number of rotatable bonds is 37. The second kappa shape index (κ2) is 34.5. The number of nitrogens with zero attached hydrogens (tertiary/aromatic N) is 1. The van der Waals surface area contributed by atoms with Crippen molar-refractivity contribution in [1.29, 1.82) is 0 Å². The summed E-state index contributed by atoms with van der Waals surface area (Å²) < 4.78 is 0. The Morgan fingerprint density at radius 3 is 1.43 bits per heavy atom. The molecule has 0 aliphatic heterocycles. The number of aliphatic imine (C=N–C) groups is 1. The quantitative estimate of drug-likeness (QED) is 0.0159. The number of carboxylic acid groups (broad SMARTS) is 3. The Kier molecular flexibility index (Phi) is 31.3. The topological polar surface area (TPSA) is 478 Å². The van der Waals surface area contributed by atoms with Crippen molar-refractivity contribution in [2.75, 3.05) is 25.1 Å². The van der Waals surface area contributed by atoms with Crippen molar-refractivity contribution in [2.24, 2.45) is 39.8 Å². The molecule has 0 aromatic carbocycles. The monoisotopic (exact) mass is 1050 g/mol. The summed E-state index contributed by atoms with van der Waals surface area (Å²) in [4.78, 5) is 159. The molecule has 0 aromatic rings. The summed E-state index contributed by atoms with van der Waals surface area (Å²) in [6.45, 7) is 7.87. The molecule has 0 rings (SSSR count). The van der Waals surface area contributed by atoms with Crippen molar-refractivity contribution in [3.63, 3.8) is 0 Å². The third-order valence-electron chi connectivity index (χ3n) is 10.4. The first-order valence-electron chi connectivity index (χ1n) is 23.2. The molecular weight excluding hydrogens is 971 g/mol. The van der Waals surface area contributed by atoms with Crippen LogP contribution in [0.1, 0.15) is 105 Å². The number of thioether (sulfide) groups is 1. The van der Waals surface area contributed by atoms with Gasteiger partial charge in [-0.1, -0.05) is 27.7 Å². The predicted octanol–water partition coefficient (Wildman–Crippen LogP) is -4.18. The first-order valence-corrected chi connectivity index (χ1v) is 24.6. The largest absolute Gasteiger partial charge is 0.481 e. The molecule has 408 valence electrons. The van der Waals surface area contributed by atoms with Crippen molar-refractivity contribution < 1.29 is 72.9 Å². The molecule has 0 unspecified atom stereocenters. The number of nitrogens with one attached hydrogen (secondary N) is 8. The van der Waals surface area contributed by atoms with Gasteiger partial charge in [-0.15, -0.1) is 0 Å². The van der Waals surface area contributed by atoms with Crippen molar-refractivity contribution in [3.8, 4) is 0 Å². The van der Waals surface area contributed by atoms with Crippen LogP contribution in [-0.2, 0) is 57.5 Å². The van der Waals surface area contributed by atoms with E-state index in [4.69, 9.17) is 28.0 Å². The molecule has 0 aliphatic carbocycles. The highest BCUT2D eigenvalue weighted by Crippen LogP contribution is 2.12. The molecule has 0 saturated carbocycles. The molecule has 29 heteroatoms. The average Bonchev–Trinajstić information content (AvgIpc) is 3.26. The van der Waals surface area contributed by atoms with E-state index in [9.17, 15) is 67.7 Å². The minimum absolute atomic E-state index is 0.0381. The summed E-state index contributed by atoms with van der Waals surface area (Å²) in [6, 6.07) is -12.1. The van der Waals surface area contributed by atoms with Crippen LogP contribution < -0.4 is 65.5 Å². The van der Waals surface area contributed by atoms with Gasteiger partial charge in [0.1, 0.15) is 48.3 Å². The van der Waals surface area contributed by atoms with Gasteiger partial charge in [0.15, 0.2) is 5.96 Å². The van der Waals surface area contributed by atoms with Gasteiger partial charge in [0.2, 0.25) is 53.2 Å². The van der Waals surface area contributed by atoms with Gasteiger partial charge < -0.3 is 80.8 Å². The molecule has 28 nitrogen and oxygen atoms in total. The standard InChI is InChI=1S/C43H75N13O15S/c1-21(2)18-28(38(66)53-29(19-31(45)58)39(67)51-25(11-9-16-48-43(46)47)35(63)52-27(42(70)71)12-13-32(59)60)55-41(69)34(22(3)4)56-37(65)24(10-7-8-15-44)50-40(68)30(20-33(61)62)54-36(64)26(14-17-72-6)49-23(5)57/h21-22,24-30,34H,7-20,44H2,1-6H3,(H2,45,58)(H,49,57)(H,50,68)(H,51,67)(H,52,63)(H,53,66)(H,54,64)(H,55,69)(H,56,65)(H,59,60)(H,61,62)(H,70,71)(H4,46,47,48)/t24-,25-,26-,27-,28-,29-,30-,34-/m0/s1. The summed E-state index contributed by atoms with van der Waals surface area (Å²) in [5.41, 5.74) is 21.8. The fraction of sp³-hybridized carbons (Fsp3) is 0.698. The minimum atomic E-state index is -1.78. The van der Waals surface area contributed by atoms with Crippen LogP contribution in [0.5, 0.6) is 0 Å². The summed E-state index contributed by atoms with van der Waals surface area (Å²) in [5.74, 6) is -13.8. The van der Waals surface area contributed by atoms with E-state index >= 15 is 0 Å². The number of carbonyl (C=O) groups excluding carboxylic acids is 9. The van der Waals surface area contributed by atoms with E-state index in [0.29, 0.717) is 12.2 Å². The van der Waals surface area contributed by atoms with E-state index in [2.05, 4.69) is 47.5 Å². The van der Waals surface area contributed by atoms with Crippen LogP contribution in [0.3, 0.4) is 0 Å². The molecule has 0 radical (unpaired) electrons. The number of amides is 9. The first-order chi connectivity index (χ1) is 33.6. The van der Waals surface area contributed by atoms with Crippen molar-refractivity contribution in [1.82, 2.24) is 42.5 Å². The zero-order valence-corrected chi connectivity index (χ0v) is 42.4. The molecule has 0 saturated heterocycles. The van der Waals surface area contributed by atoms with E-state index < -0.39 is 151 Å². The van der Waals surface area contributed by atoms with Gasteiger partial charge in [-0.05, 0) is 81.8 Å². The lowest BCUT2D eigenvalue weighted by Gasteiger charge is -2.29. The number of carbonyl (C=O) groups is 12. The maximum atomic E-state index is 14.0. The molecule has 0 bridgehead atoms. The number of carboxylic acids is 3. The Bertz CT molecular complexity index is 1920. The molecular formula is C43H75N13O15S. The Morgan fingerprint density at radius 2 is 0.986 bits per heavy atom. The summed E-state index contributed by atoms with van der Waals surface area (Å²) in [6.07, 6.45) is -0.582. The Hall–Kier alpha value is -6.78. The normalized spacial score (nSPS) is 14.3. The molecule has 19 N–H and O–H groups in total. The molecule has 9 amide bonds.